The molecule has 0 atom stereocenters. The van der Waals surface area contributed by atoms with E-state index in [1.54, 1.807) is 12.1 Å². The summed E-state index contributed by atoms with van der Waals surface area (Å²) in [6.45, 7) is 2.35. The van der Waals surface area contributed by atoms with Crippen LogP contribution in [0.5, 0.6) is 5.75 Å². The third-order valence-electron chi connectivity index (χ3n) is 4.22. The van der Waals surface area contributed by atoms with Crippen molar-refractivity contribution in [1.29, 1.82) is 0 Å². The fourth-order valence-electron chi connectivity index (χ4n) is 2.75. The lowest BCUT2D eigenvalue weighted by Gasteiger charge is -2.12. The number of carbonyl (C=O) groups excluding carboxylic acids is 2. The molecular weight excluding hydrogens is 352 g/mol. The van der Waals surface area contributed by atoms with Gasteiger partial charge in [0.25, 0.3) is 0 Å². The van der Waals surface area contributed by atoms with Crippen LogP contribution in [0.2, 0.25) is 0 Å². The zero-order chi connectivity index (χ0) is 19.8. The minimum atomic E-state index is -0.695. The van der Waals surface area contributed by atoms with Gasteiger partial charge in [-0.2, -0.15) is 0 Å². The van der Waals surface area contributed by atoms with E-state index >= 15 is 0 Å². The third kappa shape index (κ3) is 4.98. The van der Waals surface area contributed by atoms with Crippen LogP contribution in [-0.2, 0) is 9.59 Å². The smallest absolute Gasteiger partial charge is 0.313 e. The number of benzene rings is 3. The maximum atomic E-state index is 12.0. The number of rotatable bonds is 6. The molecule has 5 nitrogen and oxygen atoms in total. The van der Waals surface area contributed by atoms with Gasteiger partial charge < -0.3 is 15.4 Å². The summed E-state index contributed by atoms with van der Waals surface area (Å²) in [6.07, 6.45) is 0. The second-order valence-corrected chi connectivity index (χ2v) is 6.24. The highest BCUT2D eigenvalue weighted by Gasteiger charge is 2.14. The monoisotopic (exact) mass is 374 g/mol. The van der Waals surface area contributed by atoms with Gasteiger partial charge in [-0.3, -0.25) is 9.59 Å². The molecule has 3 aromatic carbocycles. The second-order valence-electron chi connectivity index (χ2n) is 6.24. The van der Waals surface area contributed by atoms with Gasteiger partial charge in [-0.05, 0) is 30.2 Å². The van der Waals surface area contributed by atoms with Crippen molar-refractivity contribution >= 4 is 17.5 Å². The lowest BCUT2D eigenvalue weighted by Crippen LogP contribution is -2.37. The van der Waals surface area contributed by atoms with Gasteiger partial charge in [0.05, 0.1) is 6.54 Å². The number of anilines is 1. The van der Waals surface area contributed by atoms with E-state index in [-0.39, 0.29) is 13.2 Å². The Labute approximate surface area is 164 Å². The first-order valence-electron chi connectivity index (χ1n) is 9.07. The molecule has 0 heterocycles. The fourth-order valence-corrected chi connectivity index (χ4v) is 2.75. The van der Waals surface area contributed by atoms with Crippen LogP contribution in [0.1, 0.15) is 5.56 Å². The van der Waals surface area contributed by atoms with Gasteiger partial charge in [-0.15, -0.1) is 0 Å². The summed E-state index contributed by atoms with van der Waals surface area (Å²) in [5.74, 6) is -0.658. The summed E-state index contributed by atoms with van der Waals surface area (Å²) in [7, 11) is 0. The van der Waals surface area contributed by atoms with Crippen molar-refractivity contribution in [3.8, 4) is 16.9 Å². The van der Waals surface area contributed by atoms with Crippen molar-refractivity contribution in [2.45, 2.75) is 6.92 Å². The molecule has 0 bridgehead atoms. The molecular formula is C23H22N2O3. The first-order valence-corrected chi connectivity index (χ1v) is 9.07. The lowest BCUT2D eigenvalue weighted by molar-refractivity contribution is -0.136. The molecule has 3 rings (SSSR count). The Bertz CT molecular complexity index is 955. The Hall–Kier alpha value is -3.60. The number of aryl methyl sites for hydroxylation is 1. The summed E-state index contributed by atoms with van der Waals surface area (Å²) in [6, 6.07) is 24.9. The highest BCUT2D eigenvalue weighted by molar-refractivity contribution is 6.39. The van der Waals surface area contributed by atoms with Crippen LogP contribution >= 0.6 is 0 Å². The normalized spacial score (nSPS) is 10.2. The van der Waals surface area contributed by atoms with Crippen LogP contribution in [0, 0.1) is 6.92 Å². The van der Waals surface area contributed by atoms with E-state index in [1.807, 2.05) is 73.7 Å². The SMILES string of the molecule is Cc1ccccc1NC(=O)C(=O)NCCOc1ccccc1-c1ccccc1. The minimum Gasteiger partial charge on any atom is -0.491 e. The van der Waals surface area contributed by atoms with E-state index in [0.717, 1.165) is 22.4 Å². The number of amides is 2. The summed E-state index contributed by atoms with van der Waals surface area (Å²) in [5, 5.41) is 5.18. The number of hydrogen-bond donors (Lipinski definition) is 2. The van der Waals surface area contributed by atoms with Crippen molar-refractivity contribution in [3.05, 3.63) is 84.4 Å². The van der Waals surface area contributed by atoms with Gasteiger partial charge >= 0.3 is 11.8 Å². The number of nitrogens with one attached hydrogen (secondary N) is 2. The highest BCUT2D eigenvalue weighted by Crippen LogP contribution is 2.29. The number of para-hydroxylation sites is 2. The van der Waals surface area contributed by atoms with Crippen LogP contribution in [0.3, 0.4) is 0 Å². The molecule has 3 aromatic rings. The summed E-state index contributed by atoms with van der Waals surface area (Å²) < 4.78 is 5.81. The Morgan fingerprint density at radius 3 is 2.29 bits per heavy atom. The van der Waals surface area contributed by atoms with Crippen molar-refractivity contribution < 1.29 is 14.3 Å². The Kier molecular flexibility index (Phi) is 6.41. The van der Waals surface area contributed by atoms with Crippen LogP contribution in [0.4, 0.5) is 5.69 Å². The number of hydrogen-bond acceptors (Lipinski definition) is 3. The molecule has 0 aliphatic rings. The van der Waals surface area contributed by atoms with Crippen LogP contribution in [0.25, 0.3) is 11.1 Å². The minimum absolute atomic E-state index is 0.225. The molecule has 2 amide bonds. The average Bonchev–Trinajstić information content (AvgIpc) is 2.73. The molecule has 0 aromatic heterocycles. The zero-order valence-electron chi connectivity index (χ0n) is 15.6. The molecule has 2 N–H and O–H groups in total. The molecule has 5 heteroatoms. The predicted octanol–water partition coefficient (Wildman–Crippen LogP) is 3.80. The first kappa shape index (κ1) is 19.2. The van der Waals surface area contributed by atoms with E-state index < -0.39 is 11.8 Å². The fraction of sp³-hybridized carbons (Fsp3) is 0.130. The number of carbonyl (C=O) groups is 2. The van der Waals surface area contributed by atoms with Gasteiger partial charge in [-0.25, -0.2) is 0 Å². The van der Waals surface area contributed by atoms with Crippen LogP contribution in [0.15, 0.2) is 78.9 Å². The van der Waals surface area contributed by atoms with Crippen molar-refractivity contribution in [1.82, 2.24) is 5.32 Å². The Morgan fingerprint density at radius 2 is 1.50 bits per heavy atom. The van der Waals surface area contributed by atoms with E-state index in [0.29, 0.717) is 5.69 Å². The van der Waals surface area contributed by atoms with Gasteiger partial charge in [0, 0.05) is 11.3 Å². The van der Waals surface area contributed by atoms with Crippen molar-refractivity contribution in [3.63, 3.8) is 0 Å². The maximum Gasteiger partial charge on any atom is 0.313 e. The van der Waals surface area contributed by atoms with E-state index in [4.69, 9.17) is 4.74 Å². The molecule has 0 saturated heterocycles. The highest BCUT2D eigenvalue weighted by atomic mass is 16.5. The van der Waals surface area contributed by atoms with Gasteiger partial charge in [-0.1, -0.05) is 66.7 Å². The summed E-state index contributed by atoms with van der Waals surface area (Å²) in [4.78, 5) is 24.0. The zero-order valence-corrected chi connectivity index (χ0v) is 15.6. The second kappa shape index (κ2) is 9.37. The van der Waals surface area contributed by atoms with Crippen molar-refractivity contribution in [2.24, 2.45) is 0 Å². The Morgan fingerprint density at radius 1 is 0.821 bits per heavy atom. The molecule has 0 spiro atoms. The molecule has 0 fully saturated rings. The largest absolute Gasteiger partial charge is 0.491 e. The van der Waals surface area contributed by atoms with E-state index in [1.165, 1.54) is 0 Å². The molecule has 0 aliphatic carbocycles. The topological polar surface area (TPSA) is 67.4 Å². The average molecular weight is 374 g/mol. The third-order valence-corrected chi connectivity index (χ3v) is 4.22. The summed E-state index contributed by atoms with van der Waals surface area (Å²) >= 11 is 0. The quantitative estimate of drug-likeness (QED) is 0.509. The van der Waals surface area contributed by atoms with Gasteiger partial charge in [0.2, 0.25) is 0 Å². The maximum absolute atomic E-state index is 12.0. The molecule has 0 saturated carbocycles. The van der Waals surface area contributed by atoms with Gasteiger partial charge in [0.15, 0.2) is 0 Å². The molecule has 28 heavy (non-hydrogen) atoms. The van der Waals surface area contributed by atoms with Crippen LogP contribution < -0.4 is 15.4 Å². The van der Waals surface area contributed by atoms with Gasteiger partial charge in [0.1, 0.15) is 12.4 Å². The molecule has 0 radical (unpaired) electrons. The predicted molar refractivity (Wildman–Crippen MR) is 110 cm³/mol. The van der Waals surface area contributed by atoms with E-state index in [2.05, 4.69) is 10.6 Å². The summed E-state index contributed by atoms with van der Waals surface area (Å²) in [5.41, 5.74) is 3.55. The Balaban J connectivity index is 1.50. The molecule has 0 unspecified atom stereocenters. The molecule has 0 aliphatic heterocycles. The first-order chi connectivity index (χ1) is 13.6. The van der Waals surface area contributed by atoms with E-state index in [9.17, 15) is 9.59 Å². The van der Waals surface area contributed by atoms with Crippen molar-refractivity contribution in [2.75, 3.05) is 18.5 Å². The van der Waals surface area contributed by atoms with Crippen LogP contribution in [-0.4, -0.2) is 25.0 Å². The molecule has 142 valence electrons. The number of ether oxygens (including phenoxy) is 1. The lowest BCUT2D eigenvalue weighted by atomic mass is 10.1. The standard InChI is InChI=1S/C23H22N2O3/c1-17-9-5-7-13-20(17)25-23(27)22(26)24-15-16-28-21-14-8-6-12-19(21)18-10-3-2-4-11-18/h2-14H,15-16H2,1H3,(H,24,26)(H,25,27).